The zero-order valence-electron chi connectivity index (χ0n) is 13.1. The number of carbonyl (C=O) groups is 2. The van der Waals surface area contributed by atoms with Crippen molar-refractivity contribution in [3.63, 3.8) is 0 Å². The molecule has 1 atom stereocenters. The Morgan fingerprint density at radius 2 is 1.91 bits per heavy atom. The molecule has 1 unspecified atom stereocenters. The first-order valence-corrected chi connectivity index (χ1v) is 7.24. The van der Waals surface area contributed by atoms with E-state index in [2.05, 4.69) is 0 Å². The highest BCUT2D eigenvalue weighted by atomic mass is 16.6. The fraction of sp³-hybridized carbons (Fsp3) is 0.412. The normalized spacial score (nSPS) is 17.4. The number of amides is 1. The Morgan fingerprint density at radius 1 is 1.23 bits per heavy atom. The van der Waals surface area contributed by atoms with Gasteiger partial charge in [-0.05, 0) is 26.3 Å². The van der Waals surface area contributed by atoms with E-state index in [1.165, 1.54) is 4.90 Å². The Labute approximate surface area is 130 Å². The number of ether oxygens (including phenoxy) is 2. The van der Waals surface area contributed by atoms with E-state index in [0.29, 0.717) is 6.54 Å². The average molecular weight is 303 g/mol. The largest absolute Gasteiger partial charge is 0.459 e. The van der Waals surface area contributed by atoms with Gasteiger partial charge in [-0.1, -0.05) is 42.5 Å². The molecule has 0 fully saturated rings. The van der Waals surface area contributed by atoms with Gasteiger partial charge in [-0.3, -0.25) is 4.90 Å². The summed E-state index contributed by atoms with van der Waals surface area (Å²) in [6, 6.07) is 8.69. The second kappa shape index (κ2) is 6.64. The van der Waals surface area contributed by atoms with E-state index in [0.717, 1.165) is 5.56 Å². The van der Waals surface area contributed by atoms with Crippen molar-refractivity contribution in [1.29, 1.82) is 0 Å². The van der Waals surface area contributed by atoms with Crippen LogP contribution in [0.15, 0.2) is 42.5 Å². The molecule has 1 amide bonds. The predicted octanol–water partition coefficient (Wildman–Crippen LogP) is 2.91. The molecule has 22 heavy (non-hydrogen) atoms. The highest BCUT2D eigenvalue weighted by molar-refractivity contribution is 5.84. The van der Waals surface area contributed by atoms with Crippen LogP contribution in [0.2, 0.25) is 0 Å². The van der Waals surface area contributed by atoms with E-state index >= 15 is 0 Å². The smallest absolute Gasteiger partial charge is 0.411 e. The van der Waals surface area contributed by atoms with Gasteiger partial charge >= 0.3 is 12.1 Å². The quantitative estimate of drug-likeness (QED) is 0.636. The van der Waals surface area contributed by atoms with E-state index in [1.807, 2.05) is 30.3 Å². The second-order valence-corrected chi connectivity index (χ2v) is 6.10. The molecule has 1 aromatic carbocycles. The molecule has 0 saturated carbocycles. The SMILES string of the molecule is CC(C)(C)OC(=O)N1CC=CC1C(=O)OCc1ccccc1. The number of benzene rings is 1. The van der Waals surface area contributed by atoms with Crippen molar-refractivity contribution in [2.24, 2.45) is 0 Å². The van der Waals surface area contributed by atoms with Crippen LogP contribution in [0.5, 0.6) is 0 Å². The maximum atomic E-state index is 12.2. The Balaban J connectivity index is 1.93. The molecule has 5 nitrogen and oxygen atoms in total. The maximum absolute atomic E-state index is 12.2. The molecule has 1 heterocycles. The van der Waals surface area contributed by atoms with Crippen LogP contribution in [-0.2, 0) is 20.9 Å². The highest BCUT2D eigenvalue weighted by Crippen LogP contribution is 2.17. The molecule has 1 aliphatic rings. The Bertz CT molecular complexity index is 560. The van der Waals surface area contributed by atoms with E-state index in [4.69, 9.17) is 9.47 Å². The number of hydrogen-bond acceptors (Lipinski definition) is 4. The molecule has 1 aromatic rings. The first kappa shape index (κ1) is 16.1. The van der Waals surface area contributed by atoms with Crippen LogP contribution in [0.4, 0.5) is 4.79 Å². The summed E-state index contributed by atoms with van der Waals surface area (Å²) in [5.41, 5.74) is 0.305. The molecule has 0 aromatic heterocycles. The molecular formula is C17H21NO4. The molecule has 118 valence electrons. The van der Waals surface area contributed by atoms with E-state index < -0.39 is 23.7 Å². The second-order valence-electron chi connectivity index (χ2n) is 6.10. The van der Waals surface area contributed by atoms with Crippen molar-refractivity contribution < 1.29 is 19.1 Å². The topological polar surface area (TPSA) is 55.8 Å². The third kappa shape index (κ3) is 4.35. The van der Waals surface area contributed by atoms with Crippen molar-refractivity contribution in [3.05, 3.63) is 48.0 Å². The number of nitrogens with zero attached hydrogens (tertiary/aromatic N) is 1. The van der Waals surface area contributed by atoms with Gasteiger partial charge in [0.1, 0.15) is 12.2 Å². The highest BCUT2D eigenvalue weighted by Gasteiger charge is 2.34. The Morgan fingerprint density at radius 3 is 2.55 bits per heavy atom. The lowest BCUT2D eigenvalue weighted by Gasteiger charge is -2.27. The minimum Gasteiger partial charge on any atom is -0.459 e. The fourth-order valence-corrected chi connectivity index (χ4v) is 2.05. The average Bonchev–Trinajstić information content (AvgIpc) is 2.93. The minimum atomic E-state index is -0.724. The summed E-state index contributed by atoms with van der Waals surface area (Å²) < 4.78 is 10.6. The first-order valence-electron chi connectivity index (χ1n) is 7.24. The van der Waals surface area contributed by atoms with Crippen LogP contribution in [0, 0.1) is 0 Å². The summed E-state index contributed by atoms with van der Waals surface area (Å²) in [6.07, 6.45) is 2.91. The van der Waals surface area contributed by atoms with Gasteiger partial charge in [-0.2, -0.15) is 0 Å². The van der Waals surface area contributed by atoms with Crippen molar-refractivity contribution in [3.8, 4) is 0 Å². The lowest BCUT2D eigenvalue weighted by atomic mass is 10.2. The van der Waals surface area contributed by atoms with Gasteiger partial charge < -0.3 is 9.47 Å². The fourth-order valence-electron chi connectivity index (χ4n) is 2.05. The molecule has 5 heteroatoms. The van der Waals surface area contributed by atoms with Crippen molar-refractivity contribution >= 4 is 12.1 Å². The first-order chi connectivity index (χ1) is 10.4. The van der Waals surface area contributed by atoms with Gasteiger partial charge in [0, 0.05) is 6.54 Å². The van der Waals surface area contributed by atoms with Crippen LogP contribution in [0.1, 0.15) is 26.3 Å². The summed E-state index contributed by atoms with van der Waals surface area (Å²) >= 11 is 0. The molecule has 0 N–H and O–H groups in total. The van der Waals surface area contributed by atoms with Gasteiger partial charge in [0.2, 0.25) is 0 Å². The molecule has 0 spiro atoms. The lowest BCUT2D eigenvalue weighted by molar-refractivity contribution is -0.148. The third-order valence-corrected chi connectivity index (χ3v) is 3.05. The van der Waals surface area contributed by atoms with E-state index in [1.54, 1.807) is 32.9 Å². The van der Waals surface area contributed by atoms with Crippen molar-refractivity contribution in [2.75, 3.05) is 6.54 Å². The predicted molar refractivity (Wildman–Crippen MR) is 82.1 cm³/mol. The molecule has 0 aliphatic carbocycles. The van der Waals surface area contributed by atoms with Gasteiger partial charge in [0.15, 0.2) is 6.04 Å². The Kier molecular flexibility index (Phi) is 4.85. The summed E-state index contributed by atoms with van der Waals surface area (Å²) in [5, 5.41) is 0. The number of carbonyl (C=O) groups excluding carboxylic acids is 2. The maximum Gasteiger partial charge on any atom is 0.411 e. The third-order valence-electron chi connectivity index (χ3n) is 3.05. The molecule has 0 radical (unpaired) electrons. The zero-order chi connectivity index (χ0) is 16.2. The van der Waals surface area contributed by atoms with E-state index in [-0.39, 0.29) is 6.61 Å². The van der Waals surface area contributed by atoms with Gasteiger partial charge in [0.25, 0.3) is 0 Å². The summed E-state index contributed by atoms with van der Waals surface area (Å²) in [4.78, 5) is 25.6. The number of hydrogen-bond donors (Lipinski definition) is 0. The minimum absolute atomic E-state index is 0.187. The van der Waals surface area contributed by atoms with E-state index in [9.17, 15) is 9.59 Å². The lowest BCUT2D eigenvalue weighted by Crippen LogP contribution is -2.44. The number of esters is 1. The standard InChI is InChI=1S/C17H21NO4/c1-17(2,3)22-16(20)18-11-7-10-14(18)15(19)21-12-13-8-5-4-6-9-13/h4-10,14H,11-12H2,1-3H3. The monoisotopic (exact) mass is 303 g/mol. The zero-order valence-corrected chi connectivity index (χ0v) is 13.1. The van der Waals surface area contributed by atoms with Crippen molar-refractivity contribution in [2.45, 2.75) is 39.0 Å². The van der Waals surface area contributed by atoms with Crippen LogP contribution in [0.3, 0.4) is 0 Å². The molecule has 1 aliphatic heterocycles. The van der Waals surface area contributed by atoms with Gasteiger partial charge in [-0.25, -0.2) is 9.59 Å². The van der Waals surface area contributed by atoms with Gasteiger partial charge in [-0.15, -0.1) is 0 Å². The molecule has 0 saturated heterocycles. The summed E-state index contributed by atoms with van der Waals surface area (Å²) in [7, 11) is 0. The summed E-state index contributed by atoms with van der Waals surface area (Å²) in [5.74, 6) is -0.455. The number of rotatable bonds is 3. The van der Waals surface area contributed by atoms with Crippen LogP contribution in [0.25, 0.3) is 0 Å². The molecule has 0 bridgehead atoms. The summed E-state index contributed by atoms with van der Waals surface area (Å²) in [6.45, 7) is 5.90. The molecule has 2 rings (SSSR count). The molecular weight excluding hydrogens is 282 g/mol. The Hall–Kier alpha value is -2.30. The van der Waals surface area contributed by atoms with Crippen LogP contribution < -0.4 is 0 Å². The van der Waals surface area contributed by atoms with Crippen LogP contribution >= 0.6 is 0 Å². The van der Waals surface area contributed by atoms with Gasteiger partial charge in [0.05, 0.1) is 0 Å². The van der Waals surface area contributed by atoms with Crippen molar-refractivity contribution in [1.82, 2.24) is 4.90 Å². The van der Waals surface area contributed by atoms with Crippen LogP contribution in [-0.4, -0.2) is 35.2 Å².